The number of nitrogens with zero attached hydrogens (tertiary/aromatic N) is 4. The van der Waals surface area contributed by atoms with E-state index in [1.54, 1.807) is 6.20 Å². The number of pyridine rings is 1. The van der Waals surface area contributed by atoms with E-state index in [9.17, 15) is 0 Å². The molecule has 1 aromatic heterocycles. The lowest BCUT2D eigenvalue weighted by molar-refractivity contribution is 0.114. The van der Waals surface area contributed by atoms with Gasteiger partial charge in [-0.2, -0.15) is 5.26 Å². The van der Waals surface area contributed by atoms with Crippen LogP contribution in [0.3, 0.4) is 0 Å². The van der Waals surface area contributed by atoms with Crippen molar-refractivity contribution in [2.45, 2.75) is 19.5 Å². The fourth-order valence-corrected chi connectivity index (χ4v) is 2.14. The third-order valence-corrected chi connectivity index (χ3v) is 3.27. The molecule has 1 atom stereocenters. The van der Waals surface area contributed by atoms with E-state index in [1.807, 2.05) is 19.2 Å². The van der Waals surface area contributed by atoms with E-state index in [1.165, 1.54) is 5.56 Å². The number of hydrogen-bond acceptors (Lipinski definition) is 4. The summed E-state index contributed by atoms with van der Waals surface area (Å²) in [6.45, 7) is 6.95. The monoisotopic (exact) mass is 230 g/mol. The van der Waals surface area contributed by atoms with Crippen molar-refractivity contribution in [2.75, 3.05) is 26.2 Å². The van der Waals surface area contributed by atoms with Gasteiger partial charge in [-0.1, -0.05) is 6.07 Å². The molecule has 2 rings (SSSR count). The smallest absolute Gasteiger partial charge is 0.0950 e. The Labute approximate surface area is 102 Å². The zero-order valence-corrected chi connectivity index (χ0v) is 10.2. The van der Waals surface area contributed by atoms with Gasteiger partial charge in [0.1, 0.15) is 0 Å². The van der Waals surface area contributed by atoms with Crippen molar-refractivity contribution < 1.29 is 0 Å². The number of nitriles is 1. The van der Waals surface area contributed by atoms with Crippen LogP contribution in [0, 0.1) is 11.3 Å². The van der Waals surface area contributed by atoms with Crippen molar-refractivity contribution in [1.82, 2.24) is 14.8 Å². The van der Waals surface area contributed by atoms with Crippen LogP contribution >= 0.6 is 0 Å². The molecule has 4 heteroatoms. The minimum Gasteiger partial charge on any atom is -0.296 e. The van der Waals surface area contributed by atoms with Crippen LogP contribution in [0.2, 0.25) is 0 Å². The van der Waals surface area contributed by atoms with Crippen LogP contribution in [0.5, 0.6) is 0 Å². The summed E-state index contributed by atoms with van der Waals surface area (Å²) < 4.78 is 0. The lowest BCUT2D eigenvalue weighted by Gasteiger charge is -2.35. The first kappa shape index (κ1) is 12.0. The predicted molar refractivity (Wildman–Crippen MR) is 66.2 cm³/mol. The van der Waals surface area contributed by atoms with E-state index in [0.717, 1.165) is 32.7 Å². The molecule has 0 N–H and O–H groups in total. The zero-order valence-electron chi connectivity index (χ0n) is 10.2. The molecular weight excluding hydrogens is 212 g/mol. The van der Waals surface area contributed by atoms with Gasteiger partial charge >= 0.3 is 0 Å². The van der Waals surface area contributed by atoms with Gasteiger partial charge in [-0.15, -0.1) is 0 Å². The van der Waals surface area contributed by atoms with E-state index < -0.39 is 0 Å². The van der Waals surface area contributed by atoms with Gasteiger partial charge in [-0.05, 0) is 18.6 Å². The largest absolute Gasteiger partial charge is 0.296 e. The van der Waals surface area contributed by atoms with Gasteiger partial charge in [-0.3, -0.25) is 14.8 Å². The van der Waals surface area contributed by atoms with Crippen LogP contribution in [0.4, 0.5) is 0 Å². The second kappa shape index (κ2) is 5.76. The fourth-order valence-electron chi connectivity index (χ4n) is 2.14. The lowest BCUT2D eigenvalue weighted by Crippen LogP contribution is -2.48. The highest BCUT2D eigenvalue weighted by atomic mass is 15.3. The minimum absolute atomic E-state index is 0.0375. The number of hydrogen-bond donors (Lipinski definition) is 0. The normalized spacial score (nSPS) is 19.8. The Bertz CT molecular complexity index is 376. The van der Waals surface area contributed by atoms with Gasteiger partial charge in [0.2, 0.25) is 0 Å². The van der Waals surface area contributed by atoms with E-state index in [2.05, 4.69) is 26.9 Å². The summed E-state index contributed by atoms with van der Waals surface area (Å²) in [5, 5.41) is 8.87. The molecule has 0 aliphatic carbocycles. The first-order valence-corrected chi connectivity index (χ1v) is 6.04. The minimum atomic E-state index is 0.0375. The molecule has 1 unspecified atom stereocenters. The Hall–Kier alpha value is -1.44. The molecule has 0 amide bonds. The maximum Gasteiger partial charge on any atom is 0.0950 e. The highest BCUT2D eigenvalue weighted by molar-refractivity contribution is 5.08. The molecule has 1 aliphatic heterocycles. The SMILES string of the molecule is CC(C#N)N1CCN(Cc2cccnc2)CC1. The summed E-state index contributed by atoms with van der Waals surface area (Å²) in [4.78, 5) is 8.78. The topological polar surface area (TPSA) is 43.2 Å². The van der Waals surface area contributed by atoms with Crippen molar-refractivity contribution in [1.29, 1.82) is 5.26 Å². The Morgan fingerprint density at radius 3 is 2.76 bits per heavy atom. The molecule has 90 valence electrons. The summed E-state index contributed by atoms with van der Waals surface area (Å²) in [6, 6.07) is 6.42. The third kappa shape index (κ3) is 3.26. The van der Waals surface area contributed by atoms with Crippen LogP contribution < -0.4 is 0 Å². The number of rotatable bonds is 3. The second-order valence-electron chi connectivity index (χ2n) is 4.48. The molecule has 0 radical (unpaired) electrons. The summed E-state index contributed by atoms with van der Waals surface area (Å²) in [7, 11) is 0. The van der Waals surface area contributed by atoms with Gasteiger partial charge in [0.15, 0.2) is 0 Å². The van der Waals surface area contributed by atoms with Gasteiger partial charge < -0.3 is 0 Å². The first-order chi connectivity index (χ1) is 8.29. The van der Waals surface area contributed by atoms with Crippen LogP contribution in [-0.4, -0.2) is 47.0 Å². The predicted octanol–water partition coefficient (Wildman–Crippen LogP) is 1.11. The van der Waals surface area contributed by atoms with E-state index in [4.69, 9.17) is 5.26 Å². The molecule has 0 bridgehead atoms. The Kier molecular flexibility index (Phi) is 4.08. The van der Waals surface area contributed by atoms with Gasteiger partial charge in [0.25, 0.3) is 0 Å². The fraction of sp³-hybridized carbons (Fsp3) is 0.538. The van der Waals surface area contributed by atoms with Crippen molar-refractivity contribution >= 4 is 0 Å². The number of piperazine rings is 1. The average Bonchev–Trinajstić information content (AvgIpc) is 2.40. The molecule has 0 aromatic carbocycles. The van der Waals surface area contributed by atoms with Crippen LogP contribution in [-0.2, 0) is 6.54 Å². The highest BCUT2D eigenvalue weighted by Crippen LogP contribution is 2.09. The summed E-state index contributed by atoms with van der Waals surface area (Å²) >= 11 is 0. The van der Waals surface area contributed by atoms with E-state index in [0.29, 0.717) is 0 Å². The summed E-state index contributed by atoms with van der Waals surface area (Å²) in [5.74, 6) is 0. The highest BCUT2D eigenvalue weighted by Gasteiger charge is 2.20. The number of aromatic nitrogens is 1. The van der Waals surface area contributed by atoms with Crippen LogP contribution in [0.1, 0.15) is 12.5 Å². The van der Waals surface area contributed by atoms with Crippen LogP contribution in [0.15, 0.2) is 24.5 Å². The zero-order chi connectivity index (χ0) is 12.1. The van der Waals surface area contributed by atoms with Crippen molar-refractivity contribution in [3.63, 3.8) is 0 Å². The second-order valence-corrected chi connectivity index (χ2v) is 4.48. The van der Waals surface area contributed by atoms with Crippen LogP contribution in [0.25, 0.3) is 0 Å². The molecule has 4 nitrogen and oxygen atoms in total. The van der Waals surface area contributed by atoms with Gasteiger partial charge in [-0.25, -0.2) is 0 Å². The lowest BCUT2D eigenvalue weighted by atomic mass is 10.2. The van der Waals surface area contributed by atoms with Crippen molar-refractivity contribution in [3.8, 4) is 6.07 Å². The Balaban J connectivity index is 1.82. The molecule has 17 heavy (non-hydrogen) atoms. The van der Waals surface area contributed by atoms with E-state index >= 15 is 0 Å². The molecule has 0 saturated carbocycles. The molecule has 1 aromatic rings. The molecule has 0 spiro atoms. The molecule has 1 saturated heterocycles. The van der Waals surface area contributed by atoms with Crippen molar-refractivity contribution in [3.05, 3.63) is 30.1 Å². The third-order valence-electron chi connectivity index (χ3n) is 3.27. The van der Waals surface area contributed by atoms with Gasteiger partial charge in [0.05, 0.1) is 12.1 Å². The standard InChI is InChI=1S/C13H18N4/c1-12(9-14)17-7-5-16(6-8-17)11-13-3-2-4-15-10-13/h2-4,10,12H,5-8,11H2,1H3. The quantitative estimate of drug-likeness (QED) is 0.780. The molecule has 2 heterocycles. The molecule has 1 aliphatic rings. The Morgan fingerprint density at radius 2 is 2.18 bits per heavy atom. The Morgan fingerprint density at radius 1 is 1.41 bits per heavy atom. The van der Waals surface area contributed by atoms with Crippen molar-refractivity contribution in [2.24, 2.45) is 0 Å². The summed E-state index contributed by atoms with van der Waals surface area (Å²) in [6.07, 6.45) is 3.72. The van der Waals surface area contributed by atoms with E-state index in [-0.39, 0.29) is 6.04 Å². The average molecular weight is 230 g/mol. The summed E-state index contributed by atoms with van der Waals surface area (Å²) in [5.41, 5.74) is 1.26. The maximum absolute atomic E-state index is 8.87. The first-order valence-electron chi connectivity index (χ1n) is 6.04. The maximum atomic E-state index is 8.87. The molecule has 1 fully saturated rings. The van der Waals surface area contributed by atoms with Gasteiger partial charge in [0, 0.05) is 45.1 Å². The molecular formula is C13H18N4.